The van der Waals surface area contributed by atoms with Gasteiger partial charge in [-0.1, -0.05) is 6.07 Å². The normalized spacial score (nSPS) is 19.9. The average Bonchev–Trinajstić information content (AvgIpc) is 3.55. The van der Waals surface area contributed by atoms with E-state index in [1.165, 1.54) is 0 Å². The topological polar surface area (TPSA) is 96.8 Å². The number of pyridine rings is 1. The summed E-state index contributed by atoms with van der Waals surface area (Å²) in [5.74, 6) is 0.700. The first-order chi connectivity index (χ1) is 17.2. The third-order valence-electron chi connectivity index (χ3n) is 7.00. The minimum absolute atomic E-state index is 0.159. The van der Waals surface area contributed by atoms with Crippen LogP contribution in [0.15, 0.2) is 49.3 Å². The van der Waals surface area contributed by atoms with E-state index in [1.54, 1.807) is 17.1 Å². The van der Waals surface area contributed by atoms with Crippen LogP contribution in [-0.2, 0) is 11.8 Å². The van der Waals surface area contributed by atoms with E-state index in [1.807, 2.05) is 36.4 Å². The van der Waals surface area contributed by atoms with Gasteiger partial charge in [-0.3, -0.25) is 4.68 Å². The Labute approximate surface area is 203 Å². The van der Waals surface area contributed by atoms with Crippen LogP contribution in [-0.4, -0.2) is 73.4 Å². The molecule has 6 rings (SSSR count). The maximum Gasteiger partial charge on any atom is 0.225 e. The number of ether oxygens (including phenoxy) is 1. The zero-order valence-electron chi connectivity index (χ0n) is 19.9. The lowest BCUT2D eigenvalue weighted by Gasteiger charge is -2.35. The molecule has 10 nitrogen and oxygen atoms in total. The van der Waals surface area contributed by atoms with E-state index in [2.05, 4.69) is 42.1 Å². The van der Waals surface area contributed by atoms with Gasteiger partial charge in [0.2, 0.25) is 5.95 Å². The summed E-state index contributed by atoms with van der Waals surface area (Å²) in [6.45, 7) is 4.06. The van der Waals surface area contributed by atoms with Crippen molar-refractivity contribution in [3.05, 3.63) is 54.9 Å². The maximum absolute atomic E-state index is 10.6. The first kappa shape index (κ1) is 22.0. The van der Waals surface area contributed by atoms with Crippen LogP contribution in [0.5, 0.6) is 0 Å². The molecule has 35 heavy (non-hydrogen) atoms. The summed E-state index contributed by atoms with van der Waals surface area (Å²) in [7, 11) is 1.92. The highest BCUT2D eigenvalue weighted by molar-refractivity contribution is 5.75. The second-order valence-corrected chi connectivity index (χ2v) is 9.32. The largest absolute Gasteiger partial charge is 0.386 e. The van der Waals surface area contributed by atoms with Gasteiger partial charge in [0.25, 0.3) is 0 Å². The highest BCUT2D eigenvalue weighted by Gasteiger charge is 2.26. The Balaban J connectivity index is 1.11. The van der Waals surface area contributed by atoms with Gasteiger partial charge in [0.15, 0.2) is 0 Å². The quantitative estimate of drug-likeness (QED) is 0.471. The number of aliphatic hydroxyl groups excluding tert-OH is 1. The molecule has 0 saturated carbocycles. The molecule has 4 aromatic heterocycles. The number of rotatable bonds is 5. The Morgan fingerprint density at radius 3 is 2.43 bits per heavy atom. The molecule has 182 valence electrons. The molecule has 2 fully saturated rings. The third kappa shape index (κ3) is 4.35. The van der Waals surface area contributed by atoms with E-state index in [0.29, 0.717) is 12.6 Å². The minimum Gasteiger partial charge on any atom is -0.386 e. The molecule has 0 spiro atoms. The fourth-order valence-corrected chi connectivity index (χ4v) is 4.98. The SMILES string of the molecule is Cn1cc(-c2ccc3c(N4CCN(c5ncc(C(O)C6CCCCO6)cn5)CC4)cnn3c2)cn1. The van der Waals surface area contributed by atoms with E-state index in [9.17, 15) is 5.11 Å². The van der Waals surface area contributed by atoms with Gasteiger partial charge < -0.3 is 19.6 Å². The summed E-state index contributed by atoms with van der Waals surface area (Å²) in [5, 5.41) is 19.5. The predicted molar refractivity (Wildman–Crippen MR) is 132 cm³/mol. The Hall–Kier alpha value is -3.50. The molecular formula is C25H30N8O2. The van der Waals surface area contributed by atoms with Crippen molar-refractivity contribution in [3.63, 3.8) is 0 Å². The molecule has 4 aromatic rings. The molecule has 1 N–H and O–H groups in total. The number of piperazine rings is 1. The second kappa shape index (κ2) is 9.27. The van der Waals surface area contributed by atoms with Crippen molar-refractivity contribution in [3.8, 4) is 11.1 Å². The van der Waals surface area contributed by atoms with Crippen LogP contribution in [0.2, 0.25) is 0 Å². The first-order valence-corrected chi connectivity index (χ1v) is 12.2. The van der Waals surface area contributed by atoms with Gasteiger partial charge in [-0.15, -0.1) is 0 Å². The van der Waals surface area contributed by atoms with Gasteiger partial charge in [-0.05, 0) is 25.3 Å². The minimum atomic E-state index is -0.671. The van der Waals surface area contributed by atoms with Crippen LogP contribution in [0.25, 0.3) is 16.6 Å². The Morgan fingerprint density at radius 2 is 1.71 bits per heavy atom. The van der Waals surface area contributed by atoms with Crippen LogP contribution in [0.1, 0.15) is 30.9 Å². The molecule has 2 saturated heterocycles. The van der Waals surface area contributed by atoms with Crippen molar-refractivity contribution in [2.75, 3.05) is 42.6 Å². The lowest BCUT2D eigenvalue weighted by Crippen LogP contribution is -2.47. The van der Waals surface area contributed by atoms with Crippen molar-refractivity contribution in [2.24, 2.45) is 7.05 Å². The number of fused-ring (bicyclic) bond motifs is 1. The summed E-state index contributed by atoms with van der Waals surface area (Å²) in [6.07, 6.45) is 13.5. The van der Waals surface area contributed by atoms with E-state index < -0.39 is 6.10 Å². The van der Waals surface area contributed by atoms with Crippen molar-refractivity contribution in [1.82, 2.24) is 29.4 Å². The number of hydrogen-bond acceptors (Lipinski definition) is 8. The maximum atomic E-state index is 10.6. The number of aromatic nitrogens is 6. The number of aliphatic hydroxyl groups is 1. The standard InChI is InChI=1S/C25H30N8O2/c1-30-16-20(14-28-30)18-5-6-21-22(15-29-33(21)17-18)31-7-9-32(10-8-31)25-26-12-19(13-27-25)24(34)23-4-2-3-11-35-23/h5-6,12-17,23-24,34H,2-4,7-11H2,1H3. The van der Waals surface area contributed by atoms with Gasteiger partial charge >= 0.3 is 0 Å². The summed E-state index contributed by atoms with van der Waals surface area (Å²) >= 11 is 0. The van der Waals surface area contributed by atoms with Crippen LogP contribution >= 0.6 is 0 Å². The molecule has 0 bridgehead atoms. The van der Waals surface area contributed by atoms with Crippen LogP contribution in [0.4, 0.5) is 11.6 Å². The van der Waals surface area contributed by atoms with Crippen LogP contribution < -0.4 is 9.80 Å². The number of nitrogens with zero attached hydrogens (tertiary/aromatic N) is 8. The Bertz CT molecular complexity index is 1290. The highest BCUT2D eigenvalue weighted by Crippen LogP contribution is 2.28. The smallest absolute Gasteiger partial charge is 0.225 e. The molecule has 2 aliphatic rings. The van der Waals surface area contributed by atoms with Crippen LogP contribution in [0.3, 0.4) is 0 Å². The fourth-order valence-electron chi connectivity index (χ4n) is 4.98. The molecular weight excluding hydrogens is 444 g/mol. The summed E-state index contributed by atoms with van der Waals surface area (Å²) in [5.41, 5.74) is 5.10. The van der Waals surface area contributed by atoms with Gasteiger partial charge in [0.05, 0.1) is 29.7 Å². The van der Waals surface area contributed by atoms with Crippen molar-refractivity contribution < 1.29 is 9.84 Å². The van der Waals surface area contributed by atoms with E-state index in [0.717, 1.165) is 73.3 Å². The van der Waals surface area contributed by atoms with Gasteiger partial charge in [0, 0.05) is 81.3 Å². The zero-order chi connectivity index (χ0) is 23.8. The monoisotopic (exact) mass is 474 g/mol. The van der Waals surface area contributed by atoms with E-state index in [-0.39, 0.29) is 6.10 Å². The van der Waals surface area contributed by atoms with Crippen molar-refractivity contribution in [2.45, 2.75) is 31.5 Å². The molecule has 10 heteroatoms. The van der Waals surface area contributed by atoms with Crippen LogP contribution in [0, 0.1) is 0 Å². The average molecular weight is 475 g/mol. The summed E-state index contributed by atoms with van der Waals surface area (Å²) in [6, 6.07) is 4.25. The molecule has 0 amide bonds. The van der Waals surface area contributed by atoms with Crippen molar-refractivity contribution in [1.29, 1.82) is 0 Å². The molecule has 2 aliphatic heterocycles. The summed E-state index contributed by atoms with van der Waals surface area (Å²) in [4.78, 5) is 13.7. The molecule has 2 atom stereocenters. The van der Waals surface area contributed by atoms with E-state index >= 15 is 0 Å². The zero-order valence-corrected chi connectivity index (χ0v) is 19.9. The summed E-state index contributed by atoms with van der Waals surface area (Å²) < 4.78 is 9.46. The third-order valence-corrected chi connectivity index (χ3v) is 7.00. The second-order valence-electron chi connectivity index (χ2n) is 9.32. The number of hydrogen-bond donors (Lipinski definition) is 1. The van der Waals surface area contributed by atoms with Gasteiger partial charge in [-0.25, -0.2) is 14.5 Å². The number of anilines is 2. The van der Waals surface area contributed by atoms with Crippen molar-refractivity contribution >= 4 is 17.2 Å². The molecule has 6 heterocycles. The lowest BCUT2D eigenvalue weighted by molar-refractivity contribution is -0.0635. The Morgan fingerprint density at radius 1 is 0.914 bits per heavy atom. The van der Waals surface area contributed by atoms with Gasteiger partial charge in [-0.2, -0.15) is 10.2 Å². The Kier molecular flexibility index (Phi) is 5.83. The number of aryl methyl sites for hydroxylation is 1. The lowest BCUT2D eigenvalue weighted by atomic mass is 10.0. The molecule has 0 radical (unpaired) electrons. The predicted octanol–water partition coefficient (Wildman–Crippen LogP) is 2.45. The van der Waals surface area contributed by atoms with E-state index in [4.69, 9.17) is 4.74 Å². The van der Waals surface area contributed by atoms with Gasteiger partial charge in [0.1, 0.15) is 6.10 Å². The molecule has 0 aromatic carbocycles. The first-order valence-electron chi connectivity index (χ1n) is 12.2. The fraction of sp³-hybridized carbons (Fsp3) is 0.440. The molecule has 2 unspecified atom stereocenters. The molecule has 0 aliphatic carbocycles. The highest BCUT2D eigenvalue weighted by atomic mass is 16.5.